The molecule has 9 heteroatoms. The van der Waals surface area contributed by atoms with E-state index in [0.29, 0.717) is 6.04 Å². The fourth-order valence-corrected chi connectivity index (χ4v) is 4.02. The number of aromatic nitrogens is 5. The molecule has 29 heavy (non-hydrogen) atoms. The van der Waals surface area contributed by atoms with E-state index in [4.69, 9.17) is 9.72 Å². The van der Waals surface area contributed by atoms with Crippen LogP contribution in [0.5, 0.6) is 0 Å². The maximum Gasteiger partial charge on any atom is 0.227 e. The van der Waals surface area contributed by atoms with Gasteiger partial charge < -0.3 is 19.4 Å². The van der Waals surface area contributed by atoms with Crippen LogP contribution in [-0.2, 0) is 4.74 Å². The molecule has 2 aliphatic heterocycles. The lowest BCUT2D eigenvalue weighted by molar-refractivity contribution is 0.122. The summed E-state index contributed by atoms with van der Waals surface area (Å²) in [5, 5.41) is 0.995. The highest BCUT2D eigenvalue weighted by molar-refractivity contribution is 5.86. The third-order valence-electron chi connectivity index (χ3n) is 5.68. The van der Waals surface area contributed by atoms with E-state index in [1.54, 1.807) is 12.5 Å². The summed E-state index contributed by atoms with van der Waals surface area (Å²) in [5.41, 5.74) is 0.736. The van der Waals surface area contributed by atoms with Gasteiger partial charge in [-0.05, 0) is 24.6 Å². The minimum Gasteiger partial charge on any atom is -0.378 e. The molecule has 0 N–H and O–H groups in total. The topological polar surface area (TPSA) is 83.4 Å². The van der Waals surface area contributed by atoms with Crippen molar-refractivity contribution in [2.75, 3.05) is 61.1 Å². The second kappa shape index (κ2) is 7.75. The summed E-state index contributed by atoms with van der Waals surface area (Å²) in [6, 6.07) is 6.30. The summed E-state index contributed by atoms with van der Waals surface area (Å²) >= 11 is 0. The summed E-state index contributed by atoms with van der Waals surface area (Å²) in [6.07, 6.45) is 6.25. The highest BCUT2D eigenvalue weighted by Gasteiger charge is 2.29. The Labute approximate surface area is 169 Å². The van der Waals surface area contributed by atoms with Crippen LogP contribution in [0.15, 0.2) is 36.9 Å². The number of rotatable bonds is 4. The number of pyridine rings is 1. The van der Waals surface area contributed by atoms with Crippen molar-refractivity contribution in [2.45, 2.75) is 12.5 Å². The van der Waals surface area contributed by atoms with Crippen molar-refractivity contribution in [2.24, 2.45) is 0 Å². The van der Waals surface area contributed by atoms with Crippen molar-refractivity contribution < 1.29 is 4.74 Å². The van der Waals surface area contributed by atoms with Gasteiger partial charge in [0.15, 0.2) is 5.65 Å². The zero-order valence-corrected chi connectivity index (χ0v) is 16.5. The van der Waals surface area contributed by atoms with Gasteiger partial charge >= 0.3 is 0 Å². The predicted octanol–water partition coefficient (Wildman–Crippen LogP) is 1.37. The maximum absolute atomic E-state index is 5.44. The highest BCUT2D eigenvalue weighted by atomic mass is 16.5. The molecule has 0 radical (unpaired) electrons. The first-order valence-corrected chi connectivity index (χ1v) is 9.99. The molecule has 3 aromatic heterocycles. The van der Waals surface area contributed by atoms with E-state index in [-0.39, 0.29) is 0 Å². The Kier molecular flexibility index (Phi) is 4.81. The average Bonchev–Trinajstić information content (AvgIpc) is 3.29. The van der Waals surface area contributed by atoms with Gasteiger partial charge in [0.1, 0.15) is 18.0 Å². The second-order valence-corrected chi connectivity index (χ2v) is 7.39. The molecule has 1 atom stereocenters. The number of nitrogens with zero attached hydrogens (tertiary/aromatic N) is 8. The van der Waals surface area contributed by atoms with E-state index in [1.165, 1.54) is 0 Å². The normalized spacial score (nSPS) is 19.7. The van der Waals surface area contributed by atoms with E-state index < -0.39 is 0 Å². The minimum atomic E-state index is 0.351. The molecule has 1 unspecified atom stereocenters. The predicted molar refractivity (Wildman–Crippen MR) is 111 cm³/mol. The molecule has 0 spiro atoms. The van der Waals surface area contributed by atoms with Gasteiger partial charge in [-0.15, -0.1) is 0 Å². The molecule has 0 aliphatic carbocycles. The SMILES string of the molecule is CN(c1ccnc(N2CCOCC2)n1)C1CCN(c2ncnc3ncccc23)C1. The van der Waals surface area contributed by atoms with Crippen molar-refractivity contribution in [3.63, 3.8) is 0 Å². The molecular formula is C20H24N8O. The Morgan fingerprint density at radius 3 is 2.79 bits per heavy atom. The Morgan fingerprint density at radius 1 is 1.00 bits per heavy atom. The third kappa shape index (κ3) is 3.53. The first-order valence-electron chi connectivity index (χ1n) is 9.99. The number of ether oxygens (including phenoxy) is 1. The lowest BCUT2D eigenvalue weighted by Gasteiger charge is -2.29. The van der Waals surface area contributed by atoms with Crippen LogP contribution in [0.2, 0.25) is 0 Å². The Morgan fingerprint density at radius 2 is 1.90 bits per heavy atom. The molecule has 0 amide bonds. The molecular weight excluding hydrogens is 368 g/mol. The van der Waals surface area contributed by atoms with Gasteiger partial charge in [0, 0.05) is 51.7 Å². The van der Waals surface area contributed by atoms with Crippen molar-refractivity contribution in [3.05, 3.63) is 36.9 Å². The second-order valence-electron chi connectivity index (χ2n) is 7.39. The third-order valence-corrected chi connectivity index (χ3v) is 5.68. The zero-order valence-electron chi connectivity index (χ0n) is 16.5. The molecule has 2 saturated heterocycles. The van der Waals surface area contributed by atoms with Crippen LogP contribution in [0.4, 0.5) is 17.6 Å². The number of anilines is 3. The fourth-order valence-electron chi connectivity index (χ4n) is 4.02. The largest absolute Gasteiger partial charge is 0.378 e. The molecule has 9 nitrogen and oxygen atoms in total. The number of likely N-dealkylation sites (N-methyl/N-ethyl adjacent to an activating group) is 1. The quantitative estimate of drug-likeness (QED) is 0.653. The molecule has 2 fully saturated rings. The number of fused-ring (bicyclic) bond motifs is 1. The van der Waals surface area contributed by atoms with Crippen molar-refractivity contribution in [3.8, 4) is 0 Å². The first-order chi connectivity index (χ1) is 14.3. The van der Waals surface area contributed by atoms with Gasteiger partial charge in [-0.3, -0.25) is 0 Å². The van der Waals surface area contributed by atoms with Crippen LogP contribution in [0.3, 0.4) is 0 Å². The zero-order chi connectivity index (χ0) is 19.6. The van der Waals surface area contributed by atoms with E-state index in [0.717, 1.165) is 74.4 Å². The van der Waals surface area contributed by atoms with Gasteiger partial charge in [0.2, 0.25) is 5.95 Å². The lowest BCUT2D eigenvalue weighted by atomic mass is 10.2. The van der Waals surface area contributed by atoms with Gasteiger partial charge in [0.05, 0.1) is 18.6 Å². The number of hydrogen-bond donors (Lipinski definition) is 0. The molecule has 0 bridgehead atoms. The highest BCUT2D eigenvalue weighted by Crippen LogP contribution is 2.28. The average molecular weight is 392 g/mol. The van der Waals surface area contributed by atoms with E-state index in [9.17, 15) is 0 Å². The van der Waals surface area contributed by atoms with Crippen LogP contribution in [0, 0.1) is 0 Å². The minimum absolute atomic E-state index is 0.351. The molecule has 3 aromatic rings. The summed E-state index contributed by atoms with van der Waals surface area (Å²) in [4.78, 5) is 29.2. The Hall–Kier alpha value is -3.07. The van der Waals surface area contributed by atoms with Crippen LogP contribution in [0.25, 0.3) is 11.0 Å². The van der Waals surface area contributed by atoms with Crippen molar-refractivity contribution in [1.29, 1.82) is 0 Å². The first kappa shape index (κ1) is 18.0. The molecule has 5 heterocycles. The van der Waals surface area contributed by atoms with Crippen LogP contribution in [-0.4, -0.2) is 77.4 Å². The maximum atomic E-state index is 5.44. The van der Waals surface area contributed by atoms with Crippen molar-refractivity contribution in [1.82, 2.24) is 24.9 Å². The van der Waals surface area contributed by atoms with Gasteiger partial charge in [-0.25, -0.2) is 19.9 Å². The van der Waals surface area contributed by atoms with Crippen LogP contribution in [0.1, 0.15) is 6.42 Å². The van der Waals surface area contributed by atoms with E-state index >= 15 is 0 Å². The number of morpholine rings is 1. The standard InChI is InChI=1S/C20H24N8O/c1-26(17-4-7-22-20(25-17)27-9-11-29-12-10-27)15-5-8-28(13-15)19-16-3-2-6-21-18(16)23-14-24-19/h2-4,6-7,14-15H,5,8-13H2,1H3. The lowest BCUT2D eigenvalue weighted by Crippen LogP contribution is -2.38. The van der Waals surface area contributed by atoms with Gasteiger partial charge in [-0.2, -0.15) is 4.98 Å². The Balaban J connectivity index is 1.33. The summed E-state index contributed by atoms with van der Waals surface area (Å²) in [5.74, 6) is 2.68. The Bertz CT molecular complexity index is 988. The molecule has 150 valence electrons. The van der Waals surface area contributed by atoms with Gasteiger partial charge in [-0.1, -0.05) is 0 Å². The van der Waals surface area contributed by atoms with E-state index in [2.05, 4.69) is 41.7 Å². The molecule has 5 rings (SSSR count). The summed E-state index contributed by atoms with van der Waals surface area (Å²) in [6.45, 7) is 4.94. The monoisotopic (exact) mass is 392 g/mol. The molecule has 0 aromatic carbocycles. The summed E-state index contributed by atoms with van der Waals surface area (Å²) < 4.78 is 5.44. The fraction of sp³-hybridized carbons (Fsp3) is 0.450. The molecule has 2 aliphatic rings. The van der Waals surface area contributed by atoms with Crippen LogP contribution >= 0.6 is 0 Å². The van der Waals surface area contributed by atoms with Gasteiger partial charge in [0.25, 0.3) is 0 Å². The van der Waals surface area contributed by atoms with Crippen molar-refractivity contribution >= 4 is 28.6 Å². The van der Waals surface area contributed by atoms with Crippen LogP contribution < -0.4 is 14.7 Å². The molecule has 0 saturated carbocycles. The smallest absolute Gasteiger partial charge is 0.227 e. The summed E-state index contributed by atoms with van der Waals surface area (Å²) in [7, 11) is 2.11. The number of hydrogen-bond acceptors (Lipinski definition) is 9. The van der Waals surface area contributed by atoms with E-state index in [1.807, 2.05) is 24.4 Å².